The molecule has 0 fully saturated rings. The first-order valence-corrected chi connectivity index (χ1v) is 6.02. The van der Waals surface area contributed by atoms with Gasteiger partial charge in [-0.1, -0.05) is 30.7 Å². The molecule has 0 saturated carbocycles. The summed E-state index contributed by atoms with van der Waals surface area (Å²) in [6, 6.07) is 5.87. The van der Waals surface area contributed by atoms with Gasteiger partial charge in [-0.2, -0.15) is 0 Å². The molecule has 0 aliphatic rings. The minimum atomic E-state index is -0.480. The zero-order chi connectivity index (χ0) is 12.0. The average Bonchev–Trinajstić information content (AvgIpc) is 2.23. The van der Waals surface area contributed by atoms with Gasteiger partial charge in [-0.3, -0.25) is 0 Å². The van der Waals surface area contributed by atoms with E-state index in [9.17, 15) is 5.11 Å². The molecule has 2 nitrogen and oxygen atoms in total. The highest BCUT2D eigenvalue weighted by atomic mass is 35.5. The number of halogens is 1. The Morgan fingerprint density at radius 2 is 2.19 bits per heavy atom. The standard InChI is InChI=1S/C13H19ClO2/c1-3-6-16-9-12(15)8-11-5-4-10(2)7-13(11)14/h4-5,7,12,15H,3,6,8-9H2,1-2H3. The first-order valence-electron chi connectivity index (χ1n) is 5.64. The minimum absolute atomic E-state index is 0.373. The largest absolute Gasteiger partial charge is 0.390 e. The van der Waals surface area contributed by atoms with E-state index in [4.69, 9.17) is 16.3 Å². The van der Waals surface area contributed by atoms with Crippen LogP contribution in [0, 0.1) is 6.92 Å². The Labute approximate surface area is 102 Å². The summed E-state index contributed by atoms with van der Waals surface area (Å²) in [5.41, 5.74) is 2.10. The SMILES string of the molecule is CCCOCC(O)Cc1ccc(C)cc1Cl. The van der Waals surface area contributed by atoms with Gasteiger partial charge in [0, 0.05) is 18.1 Å². The highest BCUT2D eigenvalue weighted by Crippen LogP contribution is 2.19. The topological polar surface area (TPSA) is 29.5 Å². The number of aliphatic hydroxyl groups is 1. The zero-order valence-electron chi connectivity index (χ0n) is 9.87. The second-order valence-corrected chi connectivity index (χ2v) is 4.43. The smallest absolute Gasteiger partial charge is 0.0814 e. The van der Waals surface area contributed by atoms with E-state index in [-0.39, 0.29) is 0 Å². The second kappa shape index (κ2) is 6.89. The van der Waals surface area contributed by atoms with Gasteiger partial charge in [0.05, 0.1) is 12.7 Å². The maximum Gasteiger partial charge on any atom is 0.0814 e. The Hall–Kier alpha value is -0.570. The van der Waals surface area contributed by atoms with E-state index in [1.54, 1.807) is 0 Å². The van der Waals surface area contributed by atoms with Crippen molar-refractivity contribution in [2.75, 3.05) is 13.2 Å². The lowest BCUT2D eigenvalue weighted by Crippen LogP contribution is -2.18. The Balaban J connectivity index is 2.46. The number of aryl methyl sites for hydroxylation is 1. The predicted octanol–water partition coefficient (Wildman–Crippen LogP) is 2.98. The lowest BCUT2D eigenvalue weighted by atomic mass is 10.1. The summed E-state index contributed by atoms with van der Waals surface area (Å²) >= 11 is 6.08. The van der Waals surface area contributed by atoms with Gasteiger partial charge in [-0.15, -0.1) is 0 Å². The number of hydrogen-bond donors (Lipinski definition) is 1. The summed E-state index contributed by atoms with van der Waals surface area (Å²) in [6.45, 7) is 5.11. The quantitative estimate of drug-likeness (QED) is 0.778. The van der Waals surface area contributed by atoms with Crippen LogP contribution >= 0.6 is 11.6 Å². The number of aliphatic hydroxyl groups excluding tert-OH is 1. The summed E-state index contributed by atoms with van der Waals surface area (Å²) in [4.78, 5) is 0. The summed E-state index contributed by atoms with van der Waals surface area (Å²) in [6.07, 6.45) is 1.03. The summed E-state index contributed by atoms with van der Waals surface area (Å²) < 4.78 is 5.29. The van der Waals surface area contributed by atoms with Crippen LogP contribution in [0.5, 0.6) is 0 Å². The van der Waals surface area contributed by atoms with Gasteiger partial charge in [0.25, 0.3) is 0 Å². The van der Waals surface area contributed by atoms with Crippen molar-refractivity contribution in [1.82, 2.24) is 0 Å². The van der Waals surface area contributed by atoms with Crippen molar-refractivity contribution in [2.45, 2.75) is 32.8 Å². The van der Waals surface area contributed by atoms with E-state index in [1.807, 2.05) is 32.0 Å². The van der Waals surface area contributed by atoms with E-state index in [1.165, 1.54) is 0 Å². The van der Waals surface area contributed by atoms with Gasteiger partial charge < -0.3 is 9.84 Å². The number of hydrogen-bond acceptors (Lipinski definition) is 2. The summed E-state index contributed by atoms with van der Waals surface area (Å²) in [5, 5.41) is 10.5. The third kappa shape index (κ3) is 4.52. The molecule has 0 aliphatic heterocycles. The Morgan fingerprint density at radius 1 is 1.44 bits per heavy atom. The fourth-order valence-electron chi connectivity index (χ4n) is 1.49. The molecule has 1 aromatic rings. The predicted molar refractivity (Wildman–Crippen MR) is 67.0 cm³/mol. The molecule has 16 heavy (non-hydrogen) atoms. The first kappa shape index (κ1) is 13.5. The molecular formula is C13H19ClO2. The lowest BCUT2D eigenvalue weighted by molar-refractivity contribution is 0.0374. The van der Waals surface area contributed by atoms with Crippen LogP contribution in [0.3, 0.4) is 0 Å². The molecule has 0 bridgehead atoms. The van der Waals surface area contributed by atoms with Crippen molar-refractivity contribution in [3.05, 3.63) is 34.3 Å². The van der Waals surface area contributed by atoms with Crippen molar-refractivity contribution in [3.8, 4) is 0 Å². The highest BCUT2D eigenvalue weighted by molar-refractivity contribution is 6.31. The van der Waals surface area contributed by atoms with E-state index in [2.05, 4.69) is 0 Å². The minimum Gasteiger partial charge on any atom is -0.390 e. The van der Waals surface area contributed by atoms with Gasteiger partial charge >= 0.3 is 0 Å². The van der Waals surface area contributed by atoms with Crippen LogP contribution in [0.1, 0.15) is 24.5 Å². The molecule has 0 amide bonds. The fourth-order valence-corrected chi connectivity index (χ4v) is 1.81. The average molecular weight is 243 g/mol. The van der Waals surface area contributed by atoms with Crippen LogP contribution in [0.25, 0.3) is 0 Å². The van der Waals surface area contributed by atoms with Crippen molar-refractivity contribution in [2.24, 2.45) is 0 Å². The van der Waals surface area contributed by atoms with Gasteiger partial charge in [0.2, 0.25) is 0 Å². The van der Waals surface area contributed by atoms with Gasteiger partial charge in [-0.05, 0) is 30.5 Å². The molecular weight excluding hydrogens is 224 g/mol. The summed E-state index contributed by atoms with van der Waals surface area (Å²) in [7, 11) is 0. The molecule has 1 N–H and O–H groups in total. The molecule has 90 valence electrons. The monoisotopic (exact) mass is 242 g/mol. The highest BCUT2D eigenvalue weighted by Gasteiger charge is 2.08. The Kier molecular flexibility index (Phi) is 5.81. The molecule has 1 atom stereocenters. The maximum atomic E-state index is 9.74. The van der Waals surface area contributed by atoms with Crippen molar-refractivity contribution >= 4 is 11.6 Å². The van der Waals surface area contributed by atoms with Gasteiger partial charge in [0.1, 0.15) is 0 Å². The number of ether oxygens (including phenoxy) is 1. The number of benzene rings is 1. The molecule has 0 aliphatic carbocycles. The molecule has 0 spiro atoms. The molecule has 0 saturated heterocycles. The molecule has 1 unspecified atom stereocenters. The maximum absolute atomic E-state index is 9.74. The lowest BCUT2D eigenvalue weighted by Gasteiger charge is -2.12. The van der Waals surface area contributed by atoms with E-state index < -0.39 is 6.10 Å². The molecule has 0 radical (unpaired) electrons. The van der Waals surface area contributed by atoms with Crippen LogP contribution < -0.4 is 0 Å². The third-order valence-corrected chi connectivity index (χ3v) is 2.67. The van der Waals surface area contributed by atoms with E-state index >= 15 is 0 Å². The van der Waals surface area contributed by atoms with Crippen LogP contribution in [0.4, 0.5) is 0 Å². The van der Waals surface area contributed by atoms with Crippen molar-refractivity contribution in [3.63, 3.8) is 0 Å². The molecule has 1 aromatic carbocycles. The van der Waals surface area contributed by atoms with Crippen LogP contribution in [0.15, 0.2) is 18.2 Å². The third-order valence-electron chi connectivity index (χ3n) is 2.32. The second-order valence-electron chi connectivity index (χ2n) is 4.03. The zero-order valence-corrected chi connectivity index (χ0v) is 10.6. The van der Waals surface area contributed by atoms with Crippen LogP contribution in [-0.2, 0) is 11.2 Å². The Bertz CT molecular complexity index is 326. The number of rotatable bonds is 6. The fraction of sp³-hybridized carbons (Fsp3) is 0.538. The van der Waals surface area contributed by atoms with E-state index in [0.717, 1.165) is 22.6 Å². The molecule has 0 heterocycles. The first-order chi connectivity index (χ1) is 7.63. The Morgan fingerprint density at radius 3 is 2.81 bits per heavy atom. The molecule has 3 heteroatoms. The van der Waals surface area contributed by atoms with Gasteiger partial charge in [-0.25, -0.2) is 0 Å². The molecule has 1 rings (SSSR count). The normalized spacial score (nSPS) is 12.8. The molecule has 0 aromatic heterocycles. The van der Waals surface area contributed by atoms with Gasteiger partial charge in [0.15, 0.2) is 0 Å². The van der Waals surface area contributed by atoms with Crippen LogP contribution in [0.2, 0.25) is 5.02 Å². The van der Waals surface area contributed by atoms with E-state index in [0.29, 0.717) is 19.6 Å². The van der Waals surface area contributed by atoms with Crippen molar-refractivity contribution < 1.29 is 9.84 Å². The van der Waals surface area contributed by atoms with Crippen LogP contribution in [-0.4, -0.2) is 24.4 Å². The summed E-state index contributed by atoms with van der Waals surface area (Å²) in [5.74, 6) is 0. The van der Waals surface area contributed by atoms with Crippen molar-refractivity contribution in [1.29, 1.82) is 0 Å².